The van der Waals surface area contributed by atoms with Crippen LogP contribution in [0.2, 0.25) is 0 Å². The quantitative estimate of drug-likeness (QED) is 0.607. The Kier molecular flexibility index (Phi) is 8.04. The first kappa shape index (κ1) is 24.5. The molecule has 0 saturated carbocycles. The Morgan fingerprint density at radius 2 is 1.65 bits per heavy atom. The van der Waals surface area contributed by atoms with E-state index < -0.39 is 16.1 Å². The van der Waals surface area contributed by atoms with Gasteiger partial charge in [-0.15, -0.1) is 0 Å². The Bertz CT molecular complexity index is 1070. The fourth-order valence-electron chi connectivity index (χ4n) is 4.07. The topological polar surface area (TPSA) is 97.4 Å². The molecule has 184 valence electrons. The molecule has 0 aliphatic carbocycles. The van der Waals surface area contributed by atoms with Gasteiger partial charge in [-0.05, 0) is 30.7 Å². The number of benzene rings is 2. The number of amides is 1. The summed E-state index contributed by atoms with van der Waals surface area (Å²) in [4.78, 5) is 15.3. The van der Waals surface area contributed by atoms with Gasteiger partial charge in [0.1, 0.15) is 16.7 Å². The van der Waals surface area contributed by atoms with Crippen molar-refractivity contribution in [3.8, 4) is 5.75 Å². The molecule has 1 atom stereocenters. The number of nitrogens with zero attached hydrogens (tertiary/aromatic N) is 2. The second-order valence-electron chi connectivity index (χ2n) is 8.04. The normalized spacial score (nSPS) is 18.3. The molecule has 2 saturated heterocycles. The number of rotatable bonds is 8. The smallest absolute Gasteiger partial charge is 0.249 e. The zero-order valence-corrected chi connectivity index (χ0v) is 20.1. The summed E-state index contributed by atoms with van der Waals surface area (Å²) < 4.78 is 44.7. The molecule has 9 nitrogen and oxygen atoms in total. The van der Waals surface area contributed by atoms with Crippen molar-refractivity contribution in [1.82, 2.24) is 9.21 Å². The zero-order valence-electron chi connectivity index (χ0n) is 19.3. The van der Waals surface area contributed by atoms with Crippen LogP contribution in [0.15, 0.2) is 53.4 Å². The predicted octanol–water partition coefficient (Wildman–Crippen LogP) is 2.12. The molecule has 2 aliphatic rings. The molecule has 2 aliphatic heterocycles. The molecule has 4 rings (SSSR count). The van der Waals surface area contributed by atoms with Crippen LogP contribution >= 0.6 is 0 Å². The molecule has 2 aromatic carbocycles. The first-order valence-electron chi connectivity index (χ1n) is 11.5. The fourth-order valence-corrected chi connectivity index (χ4v) is 5.63. The van der Waals surface area contributed by atoms with Crippen molar-refractivity contribution >= 4 is 21.6 Å². The van der Waals surface area contributed by atoms with Crippen molar-refractivity contribution in [2.75, 3.05) is 64.5 Å². The number of nitrogens with one attached hydrogen (secondary N) is 1. The van der Waals surface area contributed by atoms with E-state index in [2.05, 4.69) is 5.32 Å². The summed E-state index contributed by atoms with van der Waals surface area (Å²) in [6.45, 7) is 5.45. The minimum atomic E-state index is -3.80. The highest BCUT2D eigenvalue weighted by Gasteiger charge is 2.31. The van der Waals surface area contributed by atoms with Crippen LogP contribution in [-0.2, 0) is 24.3 Å². The standard InChI is InChI=1S/C24H31N3O6S/c1-2-33-21-9-8-20(18-22(21)34(29,30)27-12-16-32-17-13-27)25-23(19-6-4-3-5-7-19)24(28)26-10-14-31-15-11-26/h3-9,18,23,25H,2,10-17H2,1H3/t23-/m1/s1. The molecular formula is C24H31N3O6S. The number of anilines is 1. The number of ether oxygens (including phenoxy) is 3. The maximum absolute atomic E-state index is 13.4. The highest BCUT2D eigenvalue weighted by Crippen LogP contribution is 2.32. The van der Waals surface area contributed by atoms with Gasteiger partial charge in [0, 0.05) is 31.9 Å². The van der Waals surface area contributed by atoms with Crippen molar-refractivity contribution in [1.29, 1.82) is 0 Å². The van der Waals surface area contributed by atoms with E-state index in [1.54, 1.807) is 23.1 Å². The number of morpholine rings is 2. The Balaban J connectivity index is 1.67. The number of carbonyl (C=O) groups excluding carboxylic acids is 1. The lowest BCUT2D eigenvalue weighted by Crippen LogP contribution is -2.44. The van der Waals surface area contributed by atoms with Crippen LogP contribution in [0.5, 0.6) is 5.75 Å². The molecule has 0 bridgehead atoms. The van der Waals surface area contributed by atoms with Crippen molar-refractivity contribution in [3.63, 3.8) is 0 Å². The maximum atomic E-state index is 13.4. The summed E-state index contributed by atoms with van der Waals surface area (Å²) in [5, 5.41) is 3.28. The van der Waals surface area contributed by atoms with E-state index in [1.807, 2.05) is 37.3 Å². The van der Waals surface area contributed by atoms with Crippen molar-refractivity contribution in [2.24, 2.45) is 0 Å². The first-order chi connectivity index (χ1) is 16.5. The lowest BCUT2D eigenvalue weighted by molar-refractivity contribution is -0.136. The molecule has 0 aromatic heterocycles. The molecule has 1 amide bonds. The minimum absolute atomic E-state index is 0.0758. The van der Waals surface area contributed by atoms with Gasteiger partial charge in [-0.25, -0.2) is 8.42 Å². The molecule has 10 heteroatoms. The Hall–Kier alpha value is -2.66. The predicted molar refractivity (Wildman–Crippen MR) is 127 cm³/mol. The highest BCUT2D eigenvalue weighted by molar-refractivity contribution is 7.89. The van der Waals surface area contributed by atoms with Crippen LogP contribution in [-0.4, -0.2) is 82.7 Å². The highest BCUT2D eigenvalue weighted by atomic mass is 32.2. The van der Waals surface area contributed by atoms with Gasteiger partial charge in [0.25, 0.3) is 0 Å². The molecule has 1 N–H and O–H groups in total. The van der Waals surface area contributed by atoms with Gasteiger partial charge in [-0.1, -0.05) is 30.3 Å². The fraction of sp³-hybridized carbons (Fsp3) is 0.458. The molecule has 2 fully saturated rings. The average Bonchev–Trinajstić information content (AvgIpc) is 2.89. The van der Waals surface area contributed by atoms with Gasteiger partial charge in [-0.2, -0.15) is 4.31 Å². The Morgan fingerprint density at radius 3 is 2.29 bits per heavy atom. The van der Waals surface area contributed by atoms with Crippen LogP contribution in [0.4, 0.5) is 5.69 Å². The lowest BCUT2D eigenvalue weighted by atomic mass is 10.0. The first-order valence-corrected chi connectivity index (χ1v) is 13.0. The second-order valence-corrected chi connectivity index (χ2v) is 9.94. The van der Waals surface area contributed by atoms with E-state index in [9.17, 15) is 13.2 Å². The van der Waals surface area contributed by atoms with Gasteiger partial charge in [0.2, 0.25) is 15.9 Å². The number of carbonyl (C=O) groups is 1. The summed E-state index contributed by atoms with van der Waals surface area (Å²) in [6, 6.07) is 13.7. The molecule has 2 heterocycles. The van der Waals surface area contributed by atoms with Crippen LogP contribution < -0.4 is 10.1 Å². The third kappa shape index (κ3) is 5.52. The molecular weight excluding hydrogens is 458 g/mol. The van der Waals surface area contributed by atoms with Gasteiger partial charge < -0.3 is 24.4 Å². The lowest BCUT2D eigenvalue weighted by Gasteiger charge is -2.31. The molecule has 0 unspecified atom stereocenters. The van der Waals surface area contributed by atoms with Crippen LogP contribution in [0.25, 0.3) is 0 Å². The third-order valence-electron chi connectivity index (χ3n) is 5.85. The number of hydrogen-bond donors (Lipinski definition) is 1. The summed E-state index contributed by atoms with van der Waals surface area (Å²) in [5.41, 5.74) is 1.32. The zero-order chi connectivity index (χ0) is 24.0. The van der Waals surface area contributed by atoms with Crippen LogP contribution in [0, 0.1) is 0 Å². The van der Waals surface area contributed by atoms with E-state index in [4.69, 9.17) is 14.2 Å². The van der Waals surface area contributed by atoms with Crippen LogP contribution in [0.1, 0.15) is 18.5 Å². The molecule has 0 spiro atoms. The second kappa shape index (κ2) is 11.2. The van der Waals surface area contributed by atoms with E-state index >= 15 is 0 Å². The van der Waals surface area contributed by atoms with Crippen LogP contribution in [0.3, 0.4) is 0 Å². The summed E-state index contributed by atoms with van der Waals surface area (Å²) >= 11 is 0. The molecule has 0 radical (unpaired) electrons. The van der Waals surface area contributed by atoms with E-state index in [0.29, 0.717) is 51.8 Å². The maximum Gasteiger partial charge on any atom is 0.249 e. The van der Waals surface area contributed by atoms with Gasteiger partial charge in [0.15, 0.2) is 0 Å². The molecule has 2 aromatic rings. The third-order valence-corrected chi connectivity index (χ3v) is 7.76. The van der Waals surface area contributed by atoms with Gasteiger partial charge in [-0.3, -0.25) is 4.79 Å². The summed E-state index contributed by atoms with van der Waals surface area (Å²) in [6.07, 6.45) is 0. The summed E-state index contributed by atoms with van der Waals surface area (Å²) in [5.74, 6) is 0.205. The van der Waals surface area contributed by atoms with Gasteiger partial charge in [0.05, 0.1) is 33.0 Å². The van der Waals surface area contributed by atoms with Crippen molar-refractivity contribution in [2.45, 2.75) is 17.9 Å². The van der Waals surface area contributed by atoms with E-state index in [0.717, 1.165) is 5.56 Å². The molecule has 34 heavy (non-hydrogen) atoms. The van der Waals surface area contributed by atoms with Crippen molar-refractivity contribution in [3.05, 3.63) is 54.1 Å². The van der Waals surface area contributed by atoms with E-state index in [-0.39, 0.29) is 29.6 Å². The average molecular weight is 490 g/mol. The van der Waals surface area contributed by atoms with E-state index in [1.165, 1.54) is 4.31 Å². The SMILES string of the molecule is CCOc1ccc(N[C@@H](C(=O)N2CCOCC2)c2ccccc2)cc1S(=O)(=O)N1CCOCC1. The Morgan fingerprint density at radius 1 is 1.00 bits per heavy atom. The minimum Gasteiger partial charge on any atom is -0.492 e. The van der Waals surface area contributed by atoms with Crippen molar-refractivity contribution < 1.29 is 27.4 Å². The Labute approximate surface area is 200 Å². The largest absolute Gasteiger partial charge is 0.492 e. The number of hydrogen-bond acceptors (Lipinski definition) is 7. The monoisotopic (exact) mass is 489 g/mol. The summed E-state index contributed by atoms with van der Waals surface area (Å²) in [7, 11) is -3.80. The number of sulfonamides is 1. The van der Waals surface area contributed by atoms with Gasteiger partial charge >= 0.3 is 0 Å².